The summed E-state index contributed by atoms with van der Waals surface area (Å²) >= 11 is 0. The number of hydrogen-bond donors (Lipinski definition) is 2. The third-order valence-electron chi connectivity index (χ3n) is 6.10. The fourth-order valence-electron chi connectivity index (χ4n) is 4.57. The SMILES string of the molecule is C=CCCC(C(=O)NC)N1Cc2cc(OC3CCCCC3NCC)ccc2C1=C. The average Bonchev–Trinajstić information content (AvgIpc) is 3.05. The lowest BCUT2D eigenvalue weighted by Crippen LogP contribution is -2.45. The molecule has 0 spiro atoms. The van der Waals surface area contributed by atoms with E-state index < -0.39 is 0 Å². The fraction of sp³-hybridized carbons (Fsp3) is 0.542. The number of benzene rings is 1. The van der Waals surface area contributed by atoms with Crippen molar-refractivity contribution in [2.45, 2.75) is 70.2 Å². The number of carbonyl (C=O) groups is 1. The zero-order valence-electron chi connectivity index (χ0n) is 17.9. The van der Waals surface area contributed by atoms with E-state index in [1.54, 1.807) is 7.05 Å². The molecule has 158 valence electrons. The van der Waals surface area contributed by atoms with Gasteiger partial charge in [0.2, 0.25) is 5.91 Å². The van der Waals surface area contributed by atoms with Gasteiger partial charge in [-0.25, -0.2) is 0 Å². The van der Waals surface area contributed by atoms with Crippen molar-refractivity contribution in [3.8, 4) is 5.75 Å². The Morgan fingerprint density at radius 3 is 2.90 bits per heavy atom. The zero-order valence-corrected chi connectivity index (χ0v) is 17.9. The Labute approximate surface area is 175 Å². The number of nitrogens with one attached hydrogen (secondary N) is 2. The van der Waals surface area contributed by atoms with Crippen LogP contribution in [0.25, 0.3) is 5.70 Å². The molecule has 0 bridgehead atoms. The molecule has 1 heterocycles. The van der Waals surface area contributed by atoms with Crippen LogP contribution in [0.5, 0.6) is 5.75 Å². The molecule has 2 aliphatic rings. The molecular weight excluding hydrogens is 362 g/mol. The molecule has 3 rings (SSSR count). The second-order valence-corrected chi connectivity index (χ2v) is 7.99. The van der Waals surface area contributed by atoms with Crippen molar-refractivity contribution < 1.29 is 9.53 Å². The highest BCUT2D eigenvalue weighted by atomic mass is 16.5. The number of hydrogen-bond acceptors (Lipinski definition) is 4. The van der Waals surface area contributed by atoms with Gasteiger partial charge in [0, 0.05) is 30.9 Å². The molecule has 3 atom stereocenters. The summed E-state index contributed by atoms with van der Waals surface area (Å²) in [5, 5.41) is 6.37. The van der Waals surface area contributed by atoms with Gasteiger partial charge in [0.05, 0.1) is 0 Å². The average molecular weight is 398 g/mol. The Hall–Kier alpha value is -2.27. The Balaban J connectivity index is 1.74. The number of nitrogens with zero attached hydrogens (tertiary/aromatic N) is 1. The molecule has 1 aromatic carbocycles. The van der Waals surface area contributed by atoms with E-state index >= 15 is 0 Å². The maximum Gasteiger partial charge on any atom is 0.242 e. The molecule has 1 aliphatic heterocycles. The van der Waals surface area contributed by atoms with E-state index in [9.17, 15) is 4.79 Å². The minimum Gasteiger partial charge on any atom is -0.489 e. The second kappa shape index (κ2) is 9.97. The predicted octanol–water partition coefficient (Wildman–Crippen LogP) is 3.85. The molecule has 0 radical (unpaired) electrons. The molecule has 5 heteroatoms. The van der Waals surface area contributed by atoms with Crippen LogP contribution in [-0.4, -0.2) is 42.6 Å². The molecule has 1 aromatic rings. The number of likely N-dealkylation sites (N-methyl/N-ethyl adjacent to an activating group) is 2. The second-order valence-electron chi connectivity index (χ2n) is 7.99. The maximum atomic E-state index is 12.5. The fourth-order valence-corrected chi connectivity index (χ4v) is 4.57. The van der Waals surface area contributed by atoms with Gasteiger partial charge in [0.15, 0.2) is 0 Å². The van der Waals surface area contributed by atoms with Crippen LogP contribution in [0.4, 0.5) is 0 Å². The minimum atomic E-state index is -0.237. The lowest BCUT2D eigenvalue weighted by atomic mass is 9.92. The third kappa shape index (κ3) is 4.84. The van der Waals surface area contributed by atoms with E-state index in [1.807, 2.05) is 12.1 Å². The first-order valence-electron chi connectivity index (χ1n) is 10.9. The first-order valence-corrected chi connectivity index (χ1v) is 10.9. The first kappa shape index (κ1) is 21.4. The highest BCUT2D eigenvalue weighted by Crippen LogP contribution is 2.37. The number of carbonyl (C=O) groups excluding carboxylic acids is 1. The molecule has 1 amide bonds. The predicted molar refractivity (Wildman–Crippen MR) is 119 cm³/mol. The van der Waals surface area contributed by atoms with Crippen LogP contribution < -0.4 is 15.4 Å². The summed E-state index contributed by atoms with van der Waals surface area (Å²) in [6.45, 7) is 11.9. The molecule has 3 unspecified atom stereocenters. The quantitative estimate of drug-likeness (QED) is 0.622. The Kier molecular flexibility index (Phi) is 7.37. The van der Waals surface area contributed by atoms with E-state index in [-0.39, 0.29) is 18.1 Å². The highest BCUT2D eigenvalue weighted by Gasteiger charge is 2.32. The van der Waals surface area contributed by atoms with E-state index in [1.165, 1.54) is 24.8 Å². The van der Waals surface area contributed by atoms with Gasteiger partial charge in [-0.1, -0.05) is 26.0 Å². The number of ether oxygens (including phenoxy) is 1. The van der Waals surface area contributed by atoms with Gasteiger partial charge in [-0.05, 0) is 62.4 Å². The molecule has 2 N–H and O–H groups in total. The standard InChI is InChI=1S/C24H35N3O2/c1-5-7-11-22(24(28)25-4)27-16-18-15-19(13-14-20(18)17(27)3)29-23-12-9-8-10-21(23)26-6-2/h5,13-15,21-23,26H,1,3,6-12,16H2,2,4H3,(H,25,28). The zero-order chi connectivity index (χ0) is 20.8. The third-order valence-corrected chi connectivity index (χ3v) is 6.10. The van der Waals surface area contributed by atoms with E-state index in [0.29, 0.717) is 12.6 Å². The van der Waals surface area contributed by atoms with Crippen LogP contribution in [0.15, 0.2) is 37.4 Å². The summed E-state index contributed by atoms with van der Waals surface area (Å²) in [6.07, 6.45) is 8.35. The summed E-state index contributed by atoms with van der Waals surface area (Å²) in [7, 11) is 1.69. The minimum absolute atomic E-state index is 0.0213. The lowest BCUT2D eigenvalue weighted by Gasteiger charge is -2.32. The highest BCUT2D eigenvalue weighted by molar-refractivity contribution is 5.84. The molecule has 29 heavy (non-hydrogen) atoms. The number of amides is 1. The molecular formula is C24H35N3O2. The van der Waals surface area contributed by atoms with Gasteiger partial charge < -0.3 is 20.3 Å². The van der Waals surface area contributed by atoms with Crippen LogP contribution >= 0.6 is 0 Å². The number of allylic oxidation sites excluding steroid dienone is 1. The normalized spacial score (nSPS) is 22.1. The number of rotatable bonds is 9. The Bertz CT molecular complexity index is 744. The van der Waals surface area contributed by atoms with E-state index in [2.05, 4.69) is 47.7 Å². The van der Waals surface area contributed by atoms with Crippen LogP contribution in [0.1, 0.15) is 56.6 Å². The van der Waals surface area contributed by atoms with Crippen LogP contribution in [-0.2, 0) is 11.3 Å². The lowest BCUT2D eigenvalue weighted by molar-refractivity contribution is -0.125. The summed E-state index contributed by atoms with van der Waals surface area (Å²) in [6, 6.07) is 6.45. The summed E-state index contributed by atoms with van der Waals surface area (Å²) in [4.78, 5) is 14.6. The van der Waals surface area contributed by atoms with Gasteiger partial charge in [0.25, 0.3) is 0 Å². The monoisotopic (exact) mass is 397 g/mol. The van der Waals surface area contributed by atoms with Crippen LogP contribution in [0.2, 0.25) is 0 Å². The van der Waals surface area contributed by atoms with Crippen LogP contribution in [0, 0.1) is 0 Å². The van der Waals surface area contributed by atoms with Crippen molar-refractivity contribution in [2.75, 3.05) is 13.6 Å². The van der Waals surface area contributed by atoms with E-state index in [4.69, 9.17) is 4.74 Å². The Morgan fingerprint density at radius 1 is 1.38 bits per heavy atom. The topological polar surface area (TPSA) is 53.6 Å². The van der Waals surface area contributed by atoms with E-state index in [0.717, 1.165) is 42.8 Å². The molecule has 5 nitrogen and oxygen atoms in total. The summed E-state index contributed by atoms with van der Waals surface area (Å²) in [5.74, 6) is 0.934. The van der Waals surface area contributed by atoms with Crippen molar-refractivity contribution in [3.05, 3.63) is 48.6 Å². The largest absolute Gasteiger partial charge is 0.489 e. The smallest absolute Gasteiger partial charge is 0.242 e. The molecule has 0 aromatic heterocycles. The molecule has 0 saturated heterocycles. The summed E-state index contributed by atoms with van der Waals surface area (Å²) in [5.41, 5.74) is 3.19. The Morgan fingerprint density at radius 2 is 2.17 bits per heavy atom. The van der Waals surface area contributed by atoms with Crippen molar-refractivity contribution in [2.24, 2.45) is 0 Å². The van der Waals surface area contributed by atoms with Gasteiger partial charge in [-0.2, -0.15) is 0 Å². The van der Waals surface area contributed by atoms with Gasteiger partial charge in [0.1, 0.15) is 17.9 Å². The number of fused-ring (bicyclic) bond motifs is 1. The molecule has 1 saturated carbocycles. The van der Waals surface area contributed by atoms with Gasteiger partial charge >= 0.3 is 0 Å². The van der Waals surface area contributed by atoms with Crippen molar-refractivity contribution in [1.82, 2.24) is 15.5 Å². The van der Waals surface area contributed by atoms with Gasteiger partial charge in [-0.3, -0.25) is 4.79 Å². The molecule has 1 fully saturated rings. The van der Waals surface area contributed by atoms with Crippen molar-refractivity contribution >= 4 is 11.6 Å². The maximum absolute atomic E-state index is 12.5. The molecule has 1 aliphatic carbocycles. The van der Waals surface area contributed by atoms with Crippen molar-refractivity contribution in [3.63, 3.8) is 0 Å². The van der Waals surface area contributed by atoms with Gasteiger partial charge in [-0.15, -0.1) is 6.58 Å². The van der Waals surface area contributed by atoms with Crippen LogP contribution in [0.3, 0.4) is 0 Å². The first-order chi connectivity index (χ1) is 14.1. The summed E-state index contributed by atoms with van der Waals surface area (Å²) < 4.78 is 6.41. The van der Waals surface area contributed by atoms with Crippen molar-refractivity contribution in [1.29, 1.82) is 0 Å².